The number of hydroxylamine groups is 2. The number of methoxy groups -OCH3 is 2. The summed E-state index contributed by atoms with van der Waals surface area (Å²) in [6, 6.07) is -0.248. The molecule has 2 saturated heterocycles. The summed E-state index contributed by atoms with van der Waals surface area (Å²) in [6.07, 6.45) is 2.09. The zero-order valence-electron chi connectivity index (χ0n) is 10.4. The maximum atomic E-state index is 10.1. The van der Waals surface area contributed by atoms with Crippen molar-refractivity contribution in [1.29, 1.82) is 0 Å². The molecule has 0 radical (unpaired) electrons. The largest absolute Gasteiger partial charge is 0.378 e. The molecule has 17 heavy (non-hydrogen) atoms. The fourth-order valence-electron chi connectivity index (χ4n) is 2.42. The highest BCUT2D eigenvalue weighted by molar-refractivity contribution is 4.81. The lowest BCUT2D eigenvalue weighted by molar-refractivity contribution is -0.338. The van der Waals surface area contributed by atoms with Crippen LogP contribution in [0.3, 0.4) is 0 Å². The number of nitrogens with zero attached hydrogens (tertiary/aromatic N) is 1. The molecule has 4 unspecified atom stereocenters. The molecule has 2 aliphatic heterocycles. The monoisotopic (exact) mass is 247 g/mol. The van der Waals surface area contributed by atoms with Crippen molar-refractivity contribution < 1.29 is 24.2 Å². The first-order valence-electron chi connectivity index (χ1n) is 6.02. The second-order valence-corrected chi connectivity index (χ2v) is 4.45. The molecule has 0 saturated carbocycles. The van der Waals surface area contributed by atoms with Crippen molar-refractivity contribution >= 4 is 0 Å². The van der Waals surface area contributed by atoms with Gasteiger partial charge in [0.1, 0.15) is 0 Å². The molecule has 4 atom stereocenters. The molecule has 0 amide bonds. The third-order valence-electron chi connectivity index (χ3n) is 3.38. The first kappa shape index (κ1) is 13.2. The zero-order valence-corrected chi connectivity index (χ0v) is 10.4. The van der Waals surface area contributed by atoms with E-state index in [2.05, 4.69) is 0 Å². The van der Waals surface area contributed by atoms with E-state index in [-0.39, 0.29) is 12.1 Å². The van der Waals surface area contributed by atoms with Gasteiger partial charge in [0, 0.05) is 20.8 Å². The van der Waals surface area contributed by atoms with Gasteiger partial charge in [-0.1, -0.05) is 0 Å². The molecule has 0 aromatic carbocycles. The number of rotatable bonds is 4. The Labute approximate surface area is 101 Å². The molecule has 0 aromatic heterocycles. The third kappa shape index (κ3) is 2.96. The van der Waals surface area contributed by atoms with Crippen molar-refractivity contribution in [2.24, 2.45) is 0 Å². The summed E-state index contributed by atoms with van der Waals surface area (Å²) < 4.78 is 21.5. The van der Waals surface area contributed by atoms with Crippen LogP contribution < -0.4 is 0 Å². The molecule has 2 rings (SSSR count). The minimum absolute atomic E-state index is 0.173. The van der Waals surface area contributed by atoms with Crippen LogP contribution >= 0.6 is 0 Å². The van der Waals surface area contributed by atoms with Crippen LogP contribution in [-0.2, 0) is 18.9 Å². The average Bonchev–Trinajstić information content (AvgIpc) is 2.84. The van der Waals surface area contributed by atoms with Gasteiger partial charge in [-0.15, -0.1) is 0 Å². The van der Waals surface area contributed by atoms with Gasteiger partial charge < -0.3 is 24.2 Å². The van der Waals surface area contributed by atoms with E-state index < -0.39 is 12.5 Å². The lowest BCUT2D eigenvalue weighted by atomic mass is 10.0. The molecule has 0 aromatic rings. The predicted molar refractivity (Wildman–Crippen MR) is 58.6 cm³/mol. The fourth-order valence-corrected chi connectivity index (χ4v) is 2.42. The Kier molecular flexibility index (Phi) is 4.72. The van der Waals surface area contributed by atoms with Crippen molar-refractivity contribution in [1.82, 2.24) is 5.06 Å². The highest BCUT2D eigenvalue weighted by Crippen LogP contribution is 2.26. The molecular formula is C11H21NO5. The van der Waals surface area contributed by atoms with Gasteiger partial charge in [0.05, 0.1) is 18.8 Å². The average molecular weight is 247 g/mol. The molecule has 2 aliphatic rings. The Hall–Kier alpha value is -0.240. The Morgan fingerprint density at radius 3 is 2.71 bits per heavy atom. The van der Waals surface area contributed by atoms with Crippen LogP contribution in [0.25, 0.3) is 0 Å². The molecular weight excluding hydrogens is 226 g/mol. The summed E-state index contributed by atoms with van der Waals surface area (Å²) in [7, 11) is 3.13. The number of hydrogen-bond donors (Lipinski definition) is 1. The topological polar surface area (TPSA) is 60.4 Å². The van der Waals surface area contributed by atoms with Crippen molar-refractivity contribution in [2.75, 3.05) is 27.4 Å². The second kappa shape index (κ2) is 6.08. The standard InChI is InChI=1S/C11H21NO5/c1-14-10-7-17-11(15-2)9(12(10)13)6-8-4-3-5-16-8/h8-11,13H,3-7H2,1-2H3. The quantitative estimate of drug-likeness (QED) is 0.784. The Balaban J connectivity index is 1.97. The maximum absolute atomic E-state index is 10.1. The zero-order chi connectivity index (χ0) is 12.3. The lowest BCUT2D eigenvalue weighted by Crippen LogP contribution is -2.57. The molecule has 0 spiro atoms. The van der Waals surface area contributed by atoms with Crippen LogP contribution in [0.1, 0.15) is 19.3 Å². The molecule has 0 bridgehead atoms. The summed E-state index contributed by atoms with van der Waals surface area (Å²) in [5.74, 6) is 0. The predicted octanol–water partition coefficient (Wildman–Crippen LogP) is 0.591. The lowest BCUT2D eigenvalue weighted by Gasteiger charge is -2.41. The molecule has 6 nitrogen and oxygen atoms in total. The Bertz CT molecular complexity index is 234. The molecule has 1 N–H and O–H groups in total. The molecule has 100 valence electrons. The molecule has 6 heteroatoms. The van der Waals surface area contributed by atoms with Crippen LogP contribution in [0.5, 0.6) is 0 Å². The van der Waals surface area contributed by atoms with Crippen LogP contribution in [-0.4, -0.2) is 62.4 Å². The Morgan fingerprint density at radius 1 is 1.29 bits per heavy atom. The number of morpholine rings is 1. The second-order valence-electron chi connectivity index (χ2n) is 4.45. The fraction of sp³-hybridized carbons (Fsp3) is 1.00. The van der Waals surface area contributed by atoms with E-state index >= 15 is 0 Å². The molecule has 2 heterocycles. The number of hydrogen-bond acceptors (Lipinski definition) is 6. The first-order chi connectivity index (χ1) is 8.26. The van der Waals surface area contributed by atoms with Crippen LogP contribution in [0, 0.1) is 0 Å². The van der Waals surface area contributed by atoms with Gasteiger partial charge in [0.25, 0.3) is 0 Å². The molecule has 2 fully saturated rings. The summed E-state index contributed by atoms with van der Waals surface area (Å²) in [4.78, 5) is 0. The highest BCUT2D eigenvalue weighted by Gasteiger charge is 2.40. The summed E-state index contributed by atoms with van der Waals surface area (Å²) in [5.41, 5.74) is 0. The van der Waals surface area contributed by atoms with E-state index in [1.54, 1.807) is 14.2 Å². The van der Waals surface area contributed by atoms with E-state index in [9.17, 15) is 5.21 Å². The normalized spacial score (nSPS) is 39.7. The van der Waals surface area contributed by atoms with Crippen LogP contribution in [0.4, 0.5) is 0 Å². The smallest absolute Gasteiger partial charge is 0.175 e. The summed E-state index contributed by atoms with van der Waals surface area (Å²) in [5, 5.41) is 11.3. The van der Waals surface area contributed by atoms with E-state index in [4.69, 9.17) is 18.9 Å². The third-order valence-corrected chi connectivity index (χ3v) is 3.38. The van der Waals surface area contributed by atoms with Gasteiger partial charge in [-0.25, -0.2) is 0 Å². The van der Waals surface area contributed by atoms with Gasteiger partial charge in [-0.3, -0.25) is 0 Å². The summed E-state index contributed by atoms with van der Waals surface area (Å²) >= 11 is 0. The van der Waals surface area contributed by atoms with Crippen molar-refractivity contribution in [3.63, 3.8) is 0 Å². The first-order valence-corrected chi connectivity index (χ1v) is 6.02. The van der Waals surface area contributed by atoms with Gasteiger partial charge >= 0.3 is 0 Å². The minimum atomic E-state index is -0.437. The van der Waals surface area contributed by atoms with Crippen LogP contribution in [0.2, 0.25) is 0 Å². The van der Waals surface area contributed by atoms with Gasteiger partial charge in [-0.05, 0) is 19.3 Å². The number of ether oxygens (including phenoxy) is 4. The van der Waals surface area contributed by atoms with E-state index in [0.717, 1.165) is 19.4 Å². The maximum Gasteiger partial charge on any atom is 0.175 e. The van der Waals surface area contributed by atoms with Gasteiger partial charge in [0.15, 0.2) is 12.5 Å². The summed E-state index contributed by atoms with van der Waals surface area (Å²) in [6.45, 7) is 1.10. The Morgan fingerprint density at radius 2 is 2.12 bits per heavy atom. The van der Waals surface area contributed by atoms with Crippen LogP contribution in [0.15, 0.2) is 0 Å². The van der Waals surface area contributed by atoms with E-state index in [1.807, 2.05) is 0 Å². The van der Waals surface area contributed by atoms with E-state index in [1.165, 1.54) is 5.06 Å². The van der Waals surface area contributed by atoms with Crippen molar-refractivity contribution in [3.05, 3.63) is 0 Å². The van der Waals surface area contributed by atoms with Gasteiger partial charge in [-0.2, -0.15) is 5.06 Å². The minimum Gasteiger partial charge on any atom is -0.378 e. The van der Waals surface area contributed by atoms with Crippen molar-refractivity contribution in [2.45, 2.75) is 43.9 Å². The highest BCUT2D eigenvalue weighted by atomic mass is 16.7. The molecule has 0 aliphatic carbocycles. The SMILES string of the molecule is COC1OCC(OC)N(O)C1CC1CCCO1. The van der Waals surface area contributed by atoms with Gasteiger partial charge in [0.2, 0.25) is 0 Å². The van der Waals surface area contributed by atoms with Crippen molar-refractivity contribution in [3.8, 4) is 0 Å². The van der Waals surface area contributed by atoms with E-state index in [0.29, 0.717) is 13.0 Å².